The van der Waals surface area contributed by atoms with E-state index < -0.39 is 23.3 Å². The smallest absolute Gasteiger partial charge is 0.311 e. The molecule has 4 unspecified atom stereocenters. The molecule has 0 amide bonds. The van der Waals surface area contributed by atoms with Crippen LogP contribution in [0.5, 0.6) is 0 Å². The van der Waals surface area contributed by atoms with Crippen molar-refractivity contribution < 1.29 is 29.3 Å². The second-order valence-corrected chi connectivity index (χ2v) is 4.82. The summed E-state index contributed by atoms with van der Waals surface area (Å²) in [6, 6.07) is 0. The summed E-state index contributed by atoms with van der Waals surface area (Å²) in [5.41, 5.74) is -1.29. The molecule has 17 heavy (non-hydrogen) atoms. The Morgan fingerprint density at radius 3 is 2.71 bits per heavy atom. The van der Waals surface area contributed by atoms with Crippen molar-refractivity contribution in [2.75, 3.05) is 6.61 Å². The summed E-state index contributed by atoms with van der Waals surface area (Å²) in [4.78, 5) is 22.8. The second-order valence-electron chi connectivity index (χ2n) is 4.82. The van der Waals surface area contributed by atoms with E-state index in [0.29, 0.717) is 12.4 Å². The SMILES string of the molecule is O=C(O)C1C=C2OC2CC1(CC1CO1)C(=O)O. The van der Waals surface area contributed by atoms with E-state index in [1.807, 2.05) is 0 Å². The third-order valence-electron chi connectivity index (χ3n) is 3.70. The molecule has 6 heteroatoms. The van der Waals surface area contributed by atoms with Crippen LogP contribution in [-0.2, 0) is 19.1 Å². The highest BCUT2D eigenvalue weighted by Crippen LogP contribution is 2.52. The molecule has 0 aromatic carbocycles. The van der Waals surface area contributed by atoms with Gasteiger partial charge >= 0.3 is 11.9 Å². The molecular weight excluding hydrogens is 228 g/mol. The maximum Gasteiger partial charge on any atom is 0.311 e. The molecule has 4 atom stereocenters. The largest absolute Gasteiger partial charge is 0.483 e. The Morgan fingerprint density at radius 1 is 1.47 bits per heavy atom. The van der Waals surface area contributed by atoms with Crippen LogP contribution < -0.4 is 0 Å². The Kier molecular flexibility index (Phi) is 2.01. The Hall–Kier alpha value is -1.56. The van der Waals surface area contributed by atoms with Crippen molar-refractivity contribution in [1.82, 2.24) is 0 Å². The highest BCUT2D eigenvalue weighted by molar-refractivity contribution is 5.86. The molecule has 0 radical (unpaired) electrons. The molecule has 0 aromatic rings. The standard InChI is InChI=1S/C11H12O6/c12-9(13)6-1-7-8(17-7)3-11(6,10(14)15)2-5-4-16-5/h1,5-6,8H,2-4H2,(H,12,13)(H,14,15). The van der Waals surface area contributed by atoms with E-state index in [0.717, 1.165) is 0 Å². The highest BCUT2D eigenvalue weighted by atomic mass is 16.6. The van der Waals surface area contributed by atoms with E-state index in [4.69, 9.17) is 9.47 Å². The first-order chi connectivity index (χ1) is 8.03. The van der Waals surface area contributed by atoms with Crippen molar-refractivity contribution in [3.63, 3.8) is 0 Å². The predicted octanol–water partition coefficient (Wildman–Crippen LogP) is 0.233. The molecule has 2 aliphatic heterocycles. The first-order valence-corrected chi connectivity index (χ1v) is 5.49. The van der Waals surface area contributed by atoms with Gasteiger partial charge in [-0.05, 0) is 12.5 Å². The van der Waals surface area contributed by atoms with Gasteiger partial charge in [-0.1, -0.05) is 0 Å². The van der Waals surface area contributed by atoms with Gasteiger partial charge in [-0.2, -0.15) is 0 Å². The van der Waals surface area contributed by atoms with Crippen molar-refractivity contribution in [3.8, 4) is 0 Å². The third-order valence-corrected chi connectivity index (χ3v) is 3.70. The van der Waals surface area contributed by atoms with Crippen molar-refractivity contribution >= 4 is 11.9 Å². The lowest BCUT2D eigenvalue weighted by molar-refractivity contribution is -0.162. The number of hydrogen-bond acceptors (Lipinski definition) is 4. The van der Waals surface area contributed by atoms with Gasteiger partial charge in [0.2, 0.25) is 0 Å². The summed E-state index contributed by atoms with van der Waals surface area (Å²) in [5.74, 6) is -2.61. The van der Waals surface area contributed by atoms with Crippen LogP contribution in [0.1, 0.15) is 12.8 Å². The Morgan fingerprint density at radius 2 is 2.18 bits per heavy atom. The number of fused-ring (bicyclic) bond motifs is 1. The van der Waals surface area contributed by atoms with Crippen LogP contribution in [0.2, 0.25) is 0 Å². The number of rotatable bonds is 4. The van der Waals surface area contributed by atoms with Crippen LogP contribution in [0.3, 0.4) is 0 Å². The van der Waals surface area contributed by atoms with E-state index in [1.54, 1.807) is 0 Å². The summed E-state index contributed by atoms with van der Waals surface area (Å²) in [7, 11) is 0. The van der Waals surface area contributed by atoms with Crippen molar-refractivity contribution in [3.05, 3.63) is 11.8 Å². The third kappa shape index (κ3) is 1.59. The Balaban J connectivity index is 1.96. The Labute approximate surface area is 96.8 Å². The number of aliphatic carboxylic acids is 2. The average molecular weight is 240 g/mol. The zero-order chi connectivity index (χ0) is 12.2. The van der Waals surface area contributed by atoms with Crippen molar-refractivity contribution in [1.29, 1.82) is 0 Å². The number of carbonyl (C=O) groups is 2. The molecular formula is C11H12O6. The molecule has 0 aromatic heterocycles. The van der Waals surface area contributed by atoms with Gasteiger partial charge < -0.3 is 19.7 Å². The molecule has 1 aliphatic carbocycles. The van der Waals surface area contributed by atoms with E-state index in [9.17, 15) is 19.8 Å². The first kappa shape index (κ1) is 10.6. The van der Waals surface area contributed by atoms with Gasteiger partial charge in [0.1, 0.15) is 5.76 Å². The molecule has 3 rings (SSSR count). The molecule has 0 saturated carbocycles. The summed E-state index contributed by atoms with van der Waals surface area (Å²) in [6.45, 7) is 0.517. The lowest BCUT2D eigenvalue weighted by atomic mass is 9.66. The summed E-state index contributed by atoms with van der Waals surface area (Å²) >= 11 is 0. The van der Waals surface area contributed by atoms with Crippen molar-refractivity contribution in [2.24, 2.45) is 11.3 Å². The molecule has 2 N–H and O–H groups in total. The molecule has 0 bridgehead atoms. The van der Waals surface area contributed by atoms with Crippen LogP contribution in [0, 0.1) is 11.3 Å². The number of carboxylic acid groups (broad SMARTS) is 2. The van der Waals surface area contributed by atoms with Gasteiger partial charge in [-0.3, -0.25) is 9.59 Å². The fraction of sp³-hybridized carbons (Fsp3) is 0.636. The molecule has 6 nitrogen and oxygen atoms in total. The van der Waals surface area contributed by atoms with Crippen LogP contribution in [0.15, 0.2) is 11.8 Å². The molecule has 2 saturated heterocycles. The predicted molar refractivity (Wildman–Crippen MR) is 53.1 cm³/mol. The van der Waals surface area contributed by atoms with E-state index >= 15 is 0 Å². The minimum absolute atomic E-state index is 0.123. The number of carboxylic acids is 2. The van der Waals surface area contributed by atoms with Gasteiger partial charge in [0.15, 0.2) is 6.10 Å². The van der Waals surface area contributed by atoms with Gasteiger partial charge in [-0.15, -0.1) is 0 Å². The van der Waals surface area contributed by atoms with Gasteiger partial charge in [0, 0.05) is 6.42 Å². The lowest BCUT2D eigenvalue weighted by Crippen LogP contribution is -2.45. The van der Waals surface area contributed by atoms with Crippen molar-refractivity contribution in [2.45, 2.75) is 25.0 Å². The molecule has 0 spiro atoms. The Bertz CT molecular complexity index is 424. The fourth-order valence-electron chi connectivity index (χ4n) is 2.62. The average Bonchev–Trinajstić information content (AvgIpc) is 3.10. The number of ether oxygens (including phenoxy) is 2. The molecule has 2 fully saturated rings. The summed E-state index contributed by atoms with van der Waals surface area (Å²) in [6.07, 6.45) is 1.57. The maximum absolute atomic E-state index is 11.5. The maximum atomic E-state index is 11.5. The quantitative estimate of drug-likeness (QED) is 0.682. The van der Waals surface area contributed by atoms with Crippen LogP contribution in [0.4, 0.5) is 0 Å². The molecule has 2 heterocycles. The number of epoxide rings is 2. The minimum atomic E-state index is -1.29. The van der Waals surface area contributed by atoms with Crippen LogP contribution in [0.25, 0.3) is 0 Å². The van der Waals surface area contributed by atoms with Crippen LogP contribution in [-0.4, -0.2) is 41.0 Å². The number of hydrogen-bond donors (Lipinski definition) is 2. The normalized spacial score (nSPS) is 41.9. The first-order valence-electron chi connectivity index (χ1n) is 5.49. The monoisotopic (exact) mass is 240 g/mol. The van der Waals surface area contributed by atoms with Gasteiger partial charge in [0.05, 0.1) is 24.0 Å². The lowest BCUT2D eigenvalue weighted by Gasteiger charge is -2.33. The van der Waals surface area contributed by atoms with Gasteiger partial charge in [-0.25, -0.2) is 0 Å². The highest BCUT2D eigenvalue weighted by Gasteiger charge is 2.59. The van der Waals surface area contributed by atoms with E-state index in [-0.39, 0.29) is 25.0 Å². The van der Waals surface area contributed by atoms with E-state index in [2.05, 4.69) is 0 Å². The van der Waals surface area contributed by atoms with Crippen LogP contribution >= 0.6 is 0 Å². The topological polar surface area (TPSA) is 99.7 Å². The molecule has 3 aliphatic rings. The second kappa shape index (κ2) is 3.22. The zero-order valence-corrected chi connectivity index (χ0v) is 8.96. The van der Waals surface area contributed by atoms with Gasteiger partial charge in [0.25, 0.3) is 0 Å². The zero-order valence-electron chi connectivity index (χ0n) is 8.96. The molecule has 92 valence electrons. The summed E-state index contributed by atoms with van der Waals surface area (Å²) < 4.78 is 10.2. The fourth-order valence-corrected chi connectivity index (χ4v) is 2.62. The van der Waals surface area contributed by atoms with E-state index in [1.165, 1.54) is 6.08 Å². The summed E-state index contributed by atoms with van der Waals surface area (Å²) in [5, 5.41) is 18.6. The minimum Gasteiger partial charge on any atom is -0.483 e.